The van der Waals surface area contributed by atoms with Crippen molar-refractivity contribution < 1.29 is 14.6 Å². The topological polar surface area (TPSA) is 84.6 Å². The lowest BCUT2D eigenvalue weighted by Gasteiger charge is -2.27. The van der Waals surface area contributed by atoms with Crippen molar-refractivity contribution in [2.45, 2.75) is 44.8 Å². The van der Waals surface area contributed by atoms with Crippen LogP contribution in [0.3, 0.4) is 0 Å². The fourth-order valence-electron chi connectivity index (χ4n) is 2.46. The Balaban J connectivity index is 2.06. The SMILES string of the molecule is CCOC(=O)c1ccc(N)c(NC2CCC(O)CC2)c1. The predicted octanol–water partition coefficient (Wildman–Crippen LogP) is 2.16. The van der Waals surface area contributed by atoms with E-state index in [9.17, 15) is 9.90 Å². The van der Waals surface area contributed by atoms with Gasteiger partial charge < -0.3 is 20.9 Å². The zero-order chi connectivity index (χ0) is 14.5. The van der Waals surface area contributed by atoms with Crippen LogP contribution < -0.4 is 11.1 Å². The number of anilines is 2. The van der Waals surface area contributed by atoms with E-state index in [4.69, 9.17) is 10.5 Å². The summed E-state index contributed by atoms with van der Waals surface area (Å²) < 4.78 is 4.99. The normalized spacial score (nSPS) is 22.3. The van der Waals surface area contributed by atoms with Crippen molar-refractivity contribution in [2.24, 2.45) is 0 Å². The molecule has 0 heterocycles. The highest BCUT2D eigenvalue weighted by Crippen LogP contribution is 2.26. The summed E-state index contributed by atoms with van der Waals surface area (Å²) in [6.07, 6.45) is 3.23. The van der Waals surface area contributed by atoms with E-state index in [1.807, 2.05) is 0 Å². The molecule has 0 aromatic heterocycles. The molecule has 4 N–H and O–H groups in total. The molecule has 110 valence electrons. The highest BCUT2D eigenvalue weighted by Gasteiger charge is 2.20. The van der Waals surface area contributed by atoms with Gasteiger partial charge in [-0.25, -0.2) is 4.79 Å². The van der Waals surface area contributed by atoms with Gasteiger partial charge in [0.05, 0.1) is 29.6 Å². The van der Waals surface area contributed by atoms with E-state index in [2.05, 4.69) is 5.32 Å². The molecule has 0 amide bonds. The van der Waals surface area contributed by atoms with Crippen LogP contribution in [0, 0.1) is 0 Å². The van der Waals surface area contributed by atoms with E-state index in [1.165, 1.54) is 0 Å². The van der Waals surface area contributed by atoms with E-state index in [0.717, 1.165) is 31.4 Å². The summed E-state index contributed by atoms with van der Waals surface area (Å²) in [7, 11) is 0. The molecule has 0 aliphatic heterocycles. The van der Waals surface area contributed by atoms with Gasteiger partial charge >= 0.3 is 5.97 Å². The van der Waals surface area contributed by atoms with Gasteiger partial charge in [-0.15, -0.1) is 0 Å². The number of hydrogen-bond acceptors (Lipinski definition) is 5. The number of esters is 1. The van der Waals surface area contributed by atoms with Crippen molar-refractivity contribution in [3.8, 4) is 0 Å². The lowest BCUT2D eigenvalue weighted by Crippen LogP contribution is -2.28. The minimum absolute atomic E-state index is 0.184. The first-order chi connectivity index (χ1) is 9.60. The Bertz CT molecular complexity index is 468. The summed E-state index contributed by atoms with van der Waals surface area (Å²) in [4.78, 5) is 11.7. The maximum atomic E-state index is 11.7. The first-order valence-corrected chi connectivity index (χ1v) is 7.11. The number of nitrogens with one attached hydrogen (secondary N) is 1. The van der Waals surface area contributed by atoms with E-state index in [-0.39, 0.29) is 18.1 Å². The summed E-state index contributed by atoms with van der Waals surface area (Å²) >= 11 is 0. The molecule has 1 aromatic carbocycles. The summed E-state index contributed by atoms with van der Waals surface area (Å²) in [6, 6.07) is 5.41. The molecule has 5 nitrogen and oxygen atoms in total. The van der Waals surface area contributed by atoms with E-state index >= 15 is 0 Å². The average Bonchev–Trinajstić information content (AvgIpc) is 2.44. The molecule has 0 radical (unpaired) electrons. The predicted molar refractivity (Wildman–Crippen MR) is 78.7 cm³/mol. The van der Waals surface area contributed by atoms with Gasteiger partial charge in [0.25, 0.3) is 0 Å². The first-order valence-electron chi connectivity index (χ1n) is 7.11. The Morgan fingerprint density at radius 1 is 1.40 bits per heavy atom. The fraction of sp³-hybridized carbons (Fsp3) is 0.533. The third kappa shape index (κ3) is 3.63. The number of carbonyl (C=O) groups excluding carboxylic acids is 1. The third-order valence-electron chi connectivity index (χ3n) is 3.62. The monoisotopic (exact) mass is 278 g/mol. The van der Waals surface area contributed by atoms with Crippen LogP contribution in [0.2, 0.25) is 0 Å². The van der Waals surface area contributed by atoms with Gasteiger partial charge in [-0.2, -0.15) is 0 Å². The molecule has 1 aliphatic rings. The number of ether oxygens (including phenoxy) is 1. The highest BCUT2D eigenvalue weighted by atomic mass is 16.5. The van der Waals surface area contributed by atoms with Crippen LogP contribution in [0.25, 0.3) is 0 Å². The van der Waals surface area contributed by atoms with Gasteiger partial charge in [0, 0.05) is 6.04 Å². The second-order valence-electron chi connectivity index (χ2n) is 5.17. The van der Waals surface area contributed by atoms with Crippen LogP contribution in [0.4, 0.5) is 11.4 Å². The van der Waals surface area contributed by atoms with E-state index < -0.39 is 0 Å². The molecular formula is C15H22N2O3. The maximum absolute atomic E-state index is 11.7. The standard InChI is InChI=1S/C15H22N2O3/c1-2-20-15(19)10-3-8-13(16)14(9-10)17-11-4-6-12(18)7-5-11/h3,8-9,11-12,17-18H,2,4-7,16H2,1H3. The van der Waals surface area contributed by atoms with Gasteiger partial charge in [0.15, 0.2) is 0 Å². The molecule has 0 saturated heterocycles. The summed E-state index contributed by atoms with van der Waals surface area (Å²) in [5, 5.41) is 12.9. The van der Waals surface area contributed by atoms with Crippen LogP contribution in [0.5, 0.6) is 0 Å². The average molecular weight is 278 g/mol. The Hall–Kier alpha value is -1.75. The number of nitrogen functional groups attached to an aromatic ring is 1. The number of aliphatic hydroxyl groups excluding tert-OH is 1. The lowest BCUT2D eigenvalue weighted by atomic mass is 9.93. The minimum atomic E-state index is -0.338. The molecule has 1 saturated carbocycles. The number of rotatable bonds is 4. The number of benzene rings is 1. The molecule has 2 rings (SSSR count). The van der Waals surface area contributed by atoms with Crippen LogP contribution in [-0.4, -0.2) is 29.8 Å². The fourth-order valence-corrected chi connectivity index (χ4v) is 2.46. The Kier molecular flexibility index (Phi) is 4.84. The molecule has 1 aromatic rings. The van der Waals surface area contributed by atoms with Gasteiger partial charge in [0.1, 0.15) is 0 Å². The quantitative estimate of drug-likeness (QED) is 0.580. The molecule has 0 spiro atoms. The van der Waals surface area contributed by atoms with Crippen LogP contribution in [-0.2, 0) is 4.74 Å². The molecule has 0 atom stereocenters. The zero-order valence-electron chi connectivity index (χ0n) is 11.8. The van der Waals surface area contributed by atoms with Crippen LogP contribution in [0.15, 0.2) is 18.2 Å². The molecule has 0 bridgehead atoms. The van der Waals surface area contributed by atoms with Crippen LogP contribution >= 0.6 is 0 Å². The van der Waals surface area contributed by atoms with E-state index in [1.54, 1.807) is 25.1 Å². The number of aliphatic hydroxyl groups is 1. The van der Waals surface area contributed by atoms with Gasteiger partial charge in [-0.1, -0.05) is 0 Å². The Labute approximate surface area is 119 Å². The van der Waals surface area contributed by atoms with E-state index in [0.29, 0.717) is 17.9 Å². The Morgan fingerprint density at radius 2 is 2.10 bits per heavy atom. The molecular weight excluding hydrogens is 256 g/mol. The van der Waals surface area contributed by atoms with Crippen molar-refractivity contribution in [1.29, 1.82) is 0 Å². The molecule has 1 aliphatic carbocycles. The van der Waals surface area contributed by atoms with Gasteiger partial charge in [-0.3, -0.25) is 0 Å². The summed E-state index contributed by atoms with van der Waals surface area (Å²) in [5.41, 5.74) is 7.82. The number of carbonyl (C=O) groups is 1. The molecule has 0 unspecified atom stereocenters. The van der Waals surface area contributed by atoms with Crippen molar-refractivity contribution >= 4 is 17.3 Å². The lowest BCUT2D eigenvalue weighted by molar-refractivity contribution is 0.0526. The van der Waals surface area contributed by atoms with Gasteiger partial charge in [-0.05, 0) is 50.8 Å². The molecule has 1 fully saturated rings. The second kappa shape index (κ2) is 6.61. The van der Waals surface area contributed by atoms with Crippen molar-refractivity contribution in [3.05, 3.63) is 23.8 Å². The summed E-state index contributed by atoms with van der Waals surface area (Å²) in [5.74, 6) is -0.338. The third-order valence-corrected chi connectivity index (χ3v) is 3.62. The smallest absolute Gasteiger partial charge is 0.338 e. The number of nitrogens with two attached hydrogens (primary N) is 1. The van der Waals surface area contributed by atoms with Gasteiger partial charge in [0.2, 0.25) is 0 Å². The highest BCUT2D eigenvalue weighted by molar-refractivity contribution is 5.92. The van der Waals surface area contributed by atoms with Crippen molar-refractivity contribution in [2.75, 3.05) is 17.7 Å². The first kappa shape index (κ1) is 14.7. The maximum Gasteiger partial charge on any atom is 0.338 e. The van der Waals surface area contributed by atoms with Crippen molar-refractivity contribution in [1.82, 2.24) is 0 Å². The molecule has 20 heavy (non-hydrogen) atoms. The largest absolute Gasteiger partial charge is 0.462 e. The Morgan fingerprint density at radius 3 is 2.75 bits per heavy atom. The van der Waals surface area contributed by atoms with Crippen LogP contribution in [0.1, 0.15) is 43.0 Å². The second-order valence-corrected chi connectivity index (χ2v) is 5.17. The van der Waals surface area contributed by atoms with Crippen molar-refractivity contribution in [3.63, 3.8) is 0 Å². The summed E-state index contributed by atoms with van der Waals surface area (Å²) in [6.45, 7) is 2.13. The number of hydrogen-bond donors (Lipinski definition) is 3. The zero-order valence-corrected chi connectivity index (χ0v) is 11.8. The minimum Gasteiger partial charge on any atom is -0.462 e. The molecule has 5 heteroatoms.